The Balaban J connectivity index is 2.29. The summed E-state index contributed by atoms with van der Waals surface area (Å²) < 4.78 is 23.8. The molecule has 0 aromatic carbocycles. The largest absolute Gasteiger partial charge is 0.466 e. The maximum Gasteiger partial charge on any atom is 0.166 e. The lowest BCUT2D eigenvalue weighted by atomic mass is 10.0. The monoisotopic (exact) mass is 258 g/mol. The Morgan fingerprint density at radius 1 is 1.36 bits per heavy atom. The number of rotatable bonds is 1. The van der Waals surface area contributed by atoms with Crippen LogP contribution in [0.4, 0.5) is 4.39 Å². The number of halogens is 2. The summed E-state index contributed by atoms with van der Waals surface area (Å²) in [4.78, 5) is 0. The summed E-state index contributed by atoms with van der Waals surface area (Å²) in [5.41, 5.74) is 0.800. The lowest BCUT2D eigenvalue weighted by molar-refractivity contribution is 0.262. The van der Waals surface area contributed by atoms with Gasteiger partial charge in [0, 0.05) is 5.57 Å². The molecule has 0 radical (unpaired) electrons. The van der Waals surface area contributed by atoms with Crippen LogP contribution in [-0.2, 0) is 9.47 Å². The fourth-order valence-corrected chi connectivity index (χ4v) is 1.88. The Labute approximate surface area is 89.5 Å². The average Bonchev–Trinajstić information content (AvgIpc) is 2.23. The molecule has 4 heteroatoms. The molecule has 1 aliphatic carbocycles. The third-order valence-electron chi connectivity index (χ3n) is 1.99. The minimum absolute atomic E-state index is 0.245. The van der Waals surface area contributed by atoms with E-state index in [0.717, 1.165) is 12.0 Å². The summed E-state index contributed by atoms with van der Waals surface area (Å²) in [7, 11) is 0. The lowest BCUT2D eigenvalue weighted by Gasteiger charge is -2.17. The quantitative estimate of drug-likeness (QED) is 0.715. The summed E-state index contributed by atoms with van der Waals surface area (Å²) in [5, 5.41) is 0. The first-order valence-corrected chi connectivity index (χ1v) is 5.00. The normalized spacial score (nSPS) is 21.0. The van der Waals surface area contributed by atoms with Crippen molar-refractivity contribution in [3.05, 3.63) is 46.5 Å². The van der Waals surface area contributed by atoms with Gasteiger partial charge in [-0.2, -0.15) is 0 Å². The molecule has 2 nitrogen and oxygen atoms in total. The lowest BCUT2D eigenvalue weighted by Crippen LogP contribution is -2.01. The zero-order chi connectivity index (χ0) is 9.97. The predicted octanol–water partition coefficient (Wildman–Crippen LogP) is 3.64. The van der Waals surface area contributed by atoms with Crippen LogP contribution < -0.4 is 0 Å². The van der Waals surface area contributed by atoms with Gasteiger partial charge in [0.05, 0.1) is 4.48 Å². The highest BCUT2D eigenvalue weighted by Crippen LogP contribution is 2.35. The molecular formula is C10H8BrFO2. The van der Waals surface area contributed by atoms with E-state index in [1.807, 2.05) is 0 Å². The fourth-order valence-electron chi connectivity index (χ4n) is 1.32. The highest BCUT2D eigenvalue weighted by atomic mass is 79.9. The van der Waals surface area contributed by atoms with E-state index in [2.05, 4.69) is 15.9 Å². The van der Waals surface area contributed by atoms with Gasteiger partial charge in [-0.1, -0.05) is 0 Å². The van der Waals surface area contributed by atoms with Gasteiger partial charge in [-0.3, -0.25) is 0 Å². The molecule has 2 aliphatic rings. The molecule has 0 spiro atoms. The second-order valence-corrected chi connectivity index (χ2v) is 3.68. The van der Waals surface area contributed by atoms with E-state index < -0.39 is 0 Å². The van der Waals surface area contributed by atoms with Crippen molar-refractivity contribution in [1.29, 1.82) is 0 Å². The number of allylic oxidation sites excluding steroid dienone is 4. The zero-order valence-electron chi connectivity index (χ0n) is 7.30. The predicted molar refractivity (Wildman–Crippen MR) is 53.8 cm³/mol. The highest BCUT2D eigenvalue weighted by molar-refractivity contribution is 9.12. The van der Waals surface area contributed by atoms with Crippen LogP contribution in [0.1, 0.15) is 12.8 Å². The van der Waals surface area contributed by atoms with Crippen LogP contribution in [-0.4, -0.2) is 0 Å². The SMILES string of the molecule is FC1=CCCC(C2=COC=CO2)=C1Br. The Morgan fingerprint density at radius 2 is 2.21 bits per heavy atom. The molecule has 0 amide bonds. The molecule has 1 heterocycles. The summed E-state index contributed by atoms with van der Waals surface area (Å²) in [6.07, 6.45) is 7.30. The van der Waals surface area contributed by atoms with Crippen LogP contribution in [0.2, 0.25) is 0 Å². The van der Waals surface area contributed by atoms with Crippen LogP contribution >= 0.6 is 15.9 Å². The van der Waals surface area contributed by atoms with E-state index in [1.165, 1.54) is 18.8 Å². The molecule has 0 aromatic rings. The van der Waals surface area contributed by atoms with Crippen molar-refractivity contribution in [2.24, 2.45) is 0 Å². The smallest absolute Gasteiger partial charge is 0.166 e. The number of hydrogen-bond acceptors (Lipinski definition) is 2. The molecule has 0 saturated carbocycles. The van der Waals surface area contributed by atoms with Crippen molar-refractivity contribution in [1.82, 2.24) is 0 Å². The molecule has 0 fully saturated rings. The van der Waals surface area contributed by atoms with Crippen LogP contribution in [0.5, 0.6) is 0 Å². The highest BCUT2D eigenvalue weighted by Gasteiger charge is 2.19. The van der Waals surface area contributed by atoms with Gasteiger partial charge in [0.2, 0.25) is 0 Å². The number of ether oxygens (including phenoxy) is 2. The van der Waals surface area contributed by atoms with E-state index in [1.54, 1.807) is 6.08 Å². The van der Waals surface area contributed by atoms with Gasteiger partial charge in [-0.15, -0.1) is 0 Å². The van der Waals surface area contributed by atoms with Crippen molar-refractivity contribution in [3.8, 4) is 0 Å². The molecule has 0 saturated heterocycles. The minimum Gasteiger partial charge on any atom is -0.466 e. The van der Waals surface area contributed by atoms with E-state index >= 15 is 0 Å². The average molecular weight is 259 g/mol. The van der Waals surface area contributed by atoms with E-state index in [4.69, 9.17) is 9.47 Å². The molecule has 1 aliphatic heterocycles. The molecule has 0 bridgehead atoms. The van der Waals surface area contributed by atoms with Gasteiger partial charge in [0.1, 0.15) is 24.6 Å². The van der Waals surface area contributed by atoms with Crippen LogP contribution in [0.3, 0.4) is 0 Å². The topological polar surface area (TPSA) is 18.5 Å². The fraction of sp³-hybridized carbons (Fsp3) is 0.200. The zero-order valence-corrected chi connectivity index (χ0v) is 8.88. The molecule has 74 valence electrons. The van der Waals surface area contributed by atoms with Crippen molar-refractivity contribution >= 4 is 15.9 Å². The molecule has 2 rings (SSSR count). The van der Waals surface area contributed by atoms with Crippen LogP contribution in [0.15, 0.2) is 46.5 Å². The van der Waals surface area contributed by atoms with Gasteiger partial charge in [-0.25, -0.2) is 4.39 Å². The maximum atomic E-state index is 13.2. The van der Waals surface area contributed by atoms with Crippen molar-refractivity contribution in [2.45, 2.75) is 12.8 Å². The first-order valence-electron chi connectivity index (χ1n) is 4.21. The molecule has 0 N–H and O–H groups in total. The van der Waals surface area contributed by atoms with Crippen molar-refractivity contribution < 1.29 is 13.9 Å². The van der Waals surface area contributed by atoms with E-state index in [9.17, 15) is 4.39 Å². The second kappa shape index (κ2) is 4.00. The van der Waals surface area contributed by atoms with E-state index in [-0.39, 0.29) is 5.83 Å². The Hall–Kier alpha value is -1.03. The minimum atomic E-state index is -0.245. The van der Waals surface area contributed by atoms with Crippen molar-refractivity contribution in [3.63, 3.8) is 0 Å². The van der Waals surface area contributed by atoms with Crippen molar-refractivity contribution in [2.75, 3.05) is 0 Å². The Kier molecular flexibility index (Phi) is 2.72. The first-order chi connectivity index (χ1) is 6.79. The maximum absolute atomic E-state index is 13.2. The van der Waals surface area contributed by atoms with Gasteiger partial charge >= 0.3 is 0 Å². The molecule has 0 unspecified atom stereocenters. The van der Waals surface area contributed by atoms with Gasteiger partial charge in [0.25, 0.3) is 0 Å². The van der Waals surface area contributed by atoms with Crippen LogP contribution in [0, 0.1) is 0 Å². The number of hydrogen-bond donors (Lipinski definition) is 0. The Morgan fingerprint density at radius 3 is 2.93 bits per heavy atom. The summed E-state index contributed by atoms with van der Waals surface area (Å²) >= 11 is 3.19. The first kappa shape index (κ1) is 9.52. The standard InChI is InChI=1S/C10H8BrFO2/c11-10-7(2-1-3-8(10)12)9-6-13-4-5-14-9/h3-6H,1-2H2. The van der Waals surface area contributed by atoms with Gasteiger partial charge in [-0.05, 0) is 34.8 Å². The third-order valence-corrected chi connectivity index (χ3v) is 2.85. The Bertz CT molecular complexity index is 366. The molecule has 0 aromatic heterocycles. The second-order valence-electron chi connectivity index (χ2n) is 2.89. The van der Waals surface area contributed by atoms with E-state index in [0.29, 0.717) is 16.7 Å². The van der Waals surface area contributed by atoms with Crippen LogP contribution in [0.25, 0.3) is 0 Å². The third kappa shape index (κ3) is 1.75. The summed E-state index contributed by atoms with van der Waals surface area (Å²) in [6, 6.07) is 0. The summed E-state index contributed by atoms with van der Waals surface area (Å²) in [5.74, 6) is 0.313. The van der Waals surface area contributed by atoms with Gasteiger partial charge < -0.3 is 9.47 Å². The molecule has 0 atom stereocenters. The summed E-state index contributed by atoms with van der Waals surface area (Å²) in [6.45, 7) is 0. The van der Waals surface area contributed by atoms with Gasteiger partial charge in [0.15, 0.2) is 5.76 Å². The molecular weight excluding hydrogens is 251 g/mol. The molecule has 14 heavy (non-hydrogen) atoms.